The van der Waals surface area contributed by atoms with E-state index >= 15 is 0 Å². The molecular formula is C11H13F3N2O3. The van der Waals surface area contributed by atoms with Gasteiger partial charge in [-0.3, -0.25) is 4.79 Å². The van der Waals surface area contributed by atoms with Crippen molar-refractivity contribution in [2.45, 2.75) is 44.2 Å². The molecule has 19 heavy (non-hydrogen) atoms. The van der Waals surface area contributed by atoms with Crippen LogP contribution in [-0.4, -0.2) is 28.9 Å². The molecular weight excluding hydrogens is 265 g/mol. The molecule has 0 N–H and O–H groups in total. The summed E-state index contributed by atoms with van der Waals surface area (Å²) >= 11 is 0. The Labute approximate surface area is 107 Å². The molecule has 0 unspecified atom stereocenters. The monoisotopic (exact) mass is 278 g/mol. The second-order valence-electron chi connectivity index (χ2n) is 4.46. The van der Waals surface area contributed by atoms with E-state index in [1.807, 2.05) is 0 Å². The van der Waals surface area contributed by atoms with E-state index in [1.165, 1.54) is 0 Å². The summed E-state index contributed by atoms with van der Waals surface area (Å²) in [5.74, 6) is -1.04. The molecule has 106 valence electrons. The van der Waals surface area contributed by atoms with Crippen LogP contribution in [0.25, 0.3) is 0 Å². The third-order valence-corrected chi connectivity index (χ3v) is 3.11. The number of carbonyl (C=O) groups excluding carboxylic acids is 1. The predicted molar refractivity (Wildman–Crippen MR) is 56.2 cm³/mol. The van der Waals surface area contributed by atoms with E-state index in [0.29, 0.717) is 12.8 Å². The van der Waals surface area contributed by atoms with Crippen molar-refractivity contribution in [1.29, 1.82) is 0 Å². The Morgan fingerprint density at radius 3 is 2.63 bits per heavy atom. The Morgan fingerprint density at radius 1 is 1.47 bits per heavy atom. The molecule has 0 saturated heterocycles. The minimum atomic E-state index is -4.40. The first-order valence-corrected chi connectivity index (χ1v) is 5.94. The largest absolute Gasteiger partial charge is 0.465 e. The number of ether oxygens (including phenoxy) is 1. The second-order valence-corrected chi connectivity index (χ2v) is 4.46. The molecule has 0 spiro atoms. The number of aromatic nitrogens is 2. The lowest BCUT2D eigenvalue weighted by molar-refractivity contribution is -0.155. The third-order valence-electron chi connectivity index (χ3n) is 3.11. The highest BCUT2D eigenvalue weighted by molar-refractivity contribution is 5.82. The number of esters is 1. The van der Waals surface area contributed by atoms with Crippen molar-refractivity contribution in [1.82, 2.24) is 10.1 Å². The highest BCUT2D eigenvalue weighted by Gasteiger charge is 2.52. The zero-order chi connectivity index (χ0) is 14.1. The van der Waals surface area contributed by atoms with Gasteiger partial charge in [0.05, 0.1) is 6.61 Å². The molecule has 0 aromatic carbocycles. The SMILES string of the molecule is CCOC(=O)C1(c2nc(CC(F)(F)F)no2)CCC1. The third kappa shape index (κ3) is 2.71. The maximum atomic E-state index is 12.2. The molecule has 0 amide bonds. The number of rotatable bonds is 4. The number of hydrogen-bond donors (Lipinski definition) is 0. The van der Waals surface area contributed by atoms with Crippen LogP contribution in [0, 0.1) is 0 Å². The van der Waals surface area contributed by atoms with Crippen molar-refractivity contribution in [3.8, 4) is 0 Å². The molecule has 1 fully saturated rings. The summed E-state index contributed by atoms with van der Waals surface area (Å²) in [5.41, 5.74) is -1.05. The molecule has 0 aliphatic heterocycles. The summed E-state index contributed by atoms with van der Waals surface area (Å²) in [4.78, 5) is 15.6. The van der Waals surface area contributed by atoms with Gasteiger partial charge >= 0.3 is 12.1 Å². The lowest BCUT2D eigenvalue weighted by Crippen LogP contribution is -2.44. The highest BCUT2D eigenvalue weighted by Crippen LogP contribution is 2.44. The number of nitrogens with zero attached hydrogens (tertiary/aromatic N) is 2. The van der Waals surface area contributed by atoms with Crippen LogP contribution < -0.4 is 0 Å². The molecule has 1 heterocycles. The fourth-order valence-corrected chi connectivity index (χ4v) is 2.00. The van der Waals surface area contributed by atoms with Gasteiger partial charge in [-0.15, -0.1) is 0 Å². The number of halogens is 3. The first-order valence-electron chi connectivity index (χ1n) is 5.94. The van der Waals surface area contributed by atoms with Crippen LogP contribution in [-0.2, 0) is 21.4 Å². The van der Waals surface area contributed by atoms with Gasteiger partial charge in [0.25, 0.3) is 0 Å². The quantitative estimate of drug-likeness (QED) is 0.790. The van der Waals surface area contributed by atoms with Crippen LogP contribution in [0.15, 0.2) is 4.52 Å². The van der Waals surface area contributed by atoms with E-state index in [1.54, 1.807) is 6.92 Å². The Bertz CT molecular complexity index is 466. The summed E-state index contributed by atoms with van der Waals surface area (Å²) < 4.78 is 46.4. The topological polar surface area (TPSA) is 65.2 Å². The van der Waals surface area contributed by atoms with Crippen LogP contribution in [0.2, 0.25) is 0 Å². The average molecular weight is 278 g/mol. The van der Waals surface area contributed by atoms with Gasteiger partial charge in [-0.1, -0.05) is 11.6 Å². The predicted octanol–water partition coefficient (Wildman–Crippen LogP) is 2.16. The summed E-state index contributed by atoms with van der Waals surface area (Å²) in [5, 5.41) is 3.28. The molecule has 2 rings (SSSR count). The van der Waals surface area contributed by atoms with E-state index in [2.05, 4.69) is 10.1 Å². The zero-order valence-corrected chi connectivity index (χ0v) is 10.3. The fourth-order valence-electron chi connectivity index (χ4n) is 2.00. The lowest BCUT2D eigenvalue weighted by Gasteiger charge is -2.35. The van der Waals surface area contributed by atoms with Crippen molar-refractivity contribution in [2.75, 3.05) is 6.61 Å². The molecule has 1 aromatic heterocycles. The van der Waals surface area contributed by atoms with Crippen LogP contribution in [0.4, 0.5) is 13.2 Å². The minimum Gasteiger partial charge on any atom is -0.465 e. The Balaban J connectivity index is 2.18. The van der Waals surface area contributed by atoms with Crippen molar-refractivity contribution >= 4 is 5.97 Å². The number of hydrogen-bond acceptors (Lipinski definition) is 5. The van der Waals surface area contributed by atoms with Crippen LogP contribution in [0.1, 0.15) is 37.9 Å². The van der Waals surface area contributed by atoms with Gasteiger partial charge in [0, 0.05) is 0 Å². The van der Waals surface area contributed by atoms with Crippen molar-refractivity contribution in [3.05, 3.63) is 11.7 Å². The van der Waals surface area contributed by atoms with E-state index in [0.717, 1.165) is 6.42 Å². The molecule has 1 aliphatic rings. The van der Waals surface area contributed by atoms with Crippen LogP contribution >= 0.6 is 0 Å². The first kappa shape index (κ1) is 13.8. The van der Waals surface area contributed by atoms with Gasteiger partial charge in [-0.2, -0.15) is 18.2 Å². The molecule has 8 heteroatoms. The van der Waals surface area contributed by atoms with Gasteiger partial charge in [0.15, 0.2) is 5.82 Å². The summed E-state index contributed by atoms with van der Waals surface area (Å²) in [6, 6.07) is 0. The standard InChI is InChI=1S/C11H13F3N2O3/c1-2-18-9(17)10(4-3-5-10)8-15-7(16-19-8)6-11(12,13)14/h2-6H2,1H3. The smallest absolute Gasteiger partial charge is 0.396 e. The Hall–Kier alpha value is -1.60. The van der Waals surface area contributed by atoms with Crippen LogP contribution in [0.3, 0.4) is 0 Å². The molecule has 1 aromatic rings. The summed E-state index contributed by atoms with van der Waals surface area (Å²) in [6.45, 7) is 1.86. The van der Waals surface area contributed by atoms with Crippen molar-refractivity contribution < 1.29 is 27.2 Å². The van der Waals surface area contributed by atoms with Gasteiger partial charge in [-0.25, -0.2) is 0 Å². The maximum Gasteiger partial charge on any atom is 0.396 e. The zero-order valence-electron chi connectivity index (χ0n) is 10.3. The Morgan fingerprint density at radius 2 is 2.16 bits per heavy atom. The van der Waals surface area contributed by atoms with Crippen molar-refractivity contribution in [2.24, 2.45) is 0 Å². The highest BCUT2D eigenvalue weighted by atomic mass is 19.4. The van der Waals surface area contributed by atoms with E-state index in [-0.39, 0.29) is 12.5 Å². The molecule has 1 aliphatic carbocycles. The second kappa shape index (κ2) is 4.82. The minimum absolute atomic E-state index is 0.0727. The molecule has 0 bridgehead atoms. The summed E-state index contributed by atoms with van der Waals surface area (Å²) in [7, 11) is 0. The lowest BCUT2D eigenvalue weighted by atomic mass is 9.68. The molecule has 0 radical (unpaired) electrons. The number of alkyl halides is 3. The van der Waals surface area contributed by atoms with Gasteiger partial charge in [0.2, 0.25) is 5.89 Å². The maximum absolute atomic E-state index is 12.2. The number of carbonyl (C=O) groups is 1. The van der Waals surface area contributed by atoms with Gasteiger partial charge < -0.3 is 9.26 Å². The normalized spacial score (nSPS) is 17.9. The van der Waals surface area contributed by atoms with Gasteiger partial charge in [-0.05, 0) is 19.8 Å². The molecule has 0 atom stereocenters. The average Bonchev–Trinajstić information content (AvgIpc) is 2.62. The fraction of sp³-hybridized carbons (Fsp3) is 0.727. The first-order chi connectivity index (χ1) is 8.87. The van der Waals surface area contributed by atoms with Crippen LogP contribution in [0.5, 0.6) is 0 Å². The van der Waals surface area contributed by atoms with E-state index in [4.69, 9.17) is 9.26 Å². The molecule has 1 saturated carbocycles. The summed E-state index contributed by atoms with van der Waals surface area (Å²) in [6.07, 6.45) is -3.98. The van der Waals surface area contributed by atoms with E-state index in [9.17, 15) is 18.0 Å². The van der Waals surface area contributed by atoms with Gasteiger partial charge in [0.1, 0.15) is 11.8 Å². The molecule has 5 nitrogen and oxygen atoms in total. The van der Waals surface area contributed by atoms with E-state index < -0.39 is 29.8 Å². The van der Waals surface area contributed by atoms with Crippen molar-refractivity contribution in [3.63, 3.8) is 0 Å². The Kier molecular flexibility index (Phi) is 3.51.